The van der Waals surface area contributed by atoms with Crippen molar-refractivity contribution in [1.29, 1.82) is 0 Å². The van der Waals surface area contributed by atoms with Crippen molar-refractivity contribution in [2.24, 2.45) is 16.2 Å². The minimum Gasteiger partial charge on any atom is -0.504 e. The van der Waals surface area contributed by atoms with Gasteiger partial charge in [-0.3, -0.25) is 4.79 Å². The van der Waals surface area contributed by atoms with Crippen LogP contribution in [0.4, 0.5) is 0 Å². The Morgan fingerprint density at radius 1 is 1.10 bits per heavy atom. The van der Waals surface area contributed by atoms with E-state index in [-0.39, 0.29) is 27.8 Å². The molecule has 0 bridgehead atoms. The Hall–Kier alpha value is -1.87. The third-order valence-electron chi connectivity index (χ3n) is 8.99. The summed E-state index contributed by atoms with van der Waals surface area (Å²) >= 11 is 0. The van der Waals surface area contributed by atoms with Gasteiger partial charge in [0.05, 0.1) is 5.60 Å². The van der Waals surface area contributed by atoms with Crippen LogP contribution in [0, 0.1) is 16.2 Å². The minimum absolute atomic E-state index is 0.153. The van der Waals surface area contributed by atoms with Gasteiger partial charge in [-0.05, 0) is 93.9 Å². The van der Waals surface area contributed by atoms with Crippen LogP contribution in [0.15, 0.2) is 57.9 Å². The molecular weight excluding hydrogens is 384 g/mol. The van der Waals surface area contributed by atoms with Crippen molar-refractivity contribution in [2.45, 2.75) is 92.1 Å². The molecule has 4 aliphatic carbocycles. The quantitative estimate of drug-likeness (QED) is 0.500. The van der Waals surface area contributed by atoms with Crippen LogP contribution in [0.3, 0.4) is 0 Å². The molecule has 0 saturated heterocycles. The van der Waals surface area contributed by atoms with E-state index in [1.54, 1.807) is 6.08 Å². The Morgan fingerprint density at radius 2 is 1.81 bits per heavy atom. The fourth-order valence-electron chi connectivity index (χ4n) is 6.99. The highest BCUT2D eigenvalue weighted by atomic mass is 16.3. The van der Waals surface area contributed by atoms with Crippen molar-refractivity contribution in [2.75, 3.05) is 0 Å². The Kier molecular flexibility index (Phi) is 5.09. The largest absolute Gasteiger partial charge is 0.504 e. The topological polar surface area (TPSA) is 57.5 Å². The first-order valence-electron chi connectivity index (χ1n) is 11.8. The lowest BCUT2D eigenvalue weighted by Crippen LogP contribution is -2.60. The molecule has 0 aromatic heterocycles. The van der Waals surface area contributed by atoms with Crippen LogP contribution in [-0.2, 0) is 4.79 Å². The van der Waals surface area contributed by atoms with Crippen molar-refractivity contribution in [3.63, 3.8) is 0 Å². The Bertz CT molecular complexity index is 986. The molecule has 0 aromatic carbocycles. The van der Waals surface area contributed by atoms with E-state index >= 15 is 0 Å². The molecule has 31 heavy (non-hydrogen) atoms. The molecule has 2 saturated carbocycles. The van der Waals surface area contributed by atoms with Crippen LogP contribution >= 0.6 is 0 Å². The van der Waals surface area contributed by atoms with Gasteiger partial charge in [-0.2, -0.15) is 0 Å². The molecule has 0 aromatic rings. The summed E-state index contributed by atoms with van der Waals surface area (Å²) in [6.07, 6.45) is 15.0. The predicted octanol–water partition coefficient (Wildman–Crippen LogP) is 6.67. The second-order valence-electron chi connectivity index (χ2n) is 11.6. The molecule has 0 radical (unpaired) electrons. The van der Waals surface area contributed by atoms with E-state index in [2.05, 4.69) is 46.8 Å². The van der Waals surface area contributed by atoms with Gasteiger partial charge in [0, 0.05) is 16.4 Å². The molecule has 3 heteroatoms. The zero-order chi connectivity index (χ0) is 22.8. The number of hydrogen-bond acceptors (Lipinski definition) is 3. The summed E-state index contributed by atoms with van der Waals surface area (Å²) < 4.78 is 0. The monoisotopic (exact) mass is 422 g/mol. The predicted molar refractivity (Wildman–Crippen MR) is 126 cm³/mol. The fourth-order valence-corrected chi connectivity index (χ4v) is 6.99. The zero-order valence-corrected chi connectivity index (χ0v) is 20.1. The third kappa shape index (κ3) is 3.23. The van der Waals surface area contributed by atoms with E-state index in [1.807, 2.05) is 13.0 Å². The van der Waals surface area contributed by atoms with E-state index in [0.29, 0.717) is 5.57 Å². The fraction of sp³-hybridized carbons (Fsp3) is 0.607. The Labute approximate surface area is 187 Å². The van der Waals surface area contributed by atoms with Gasteiger partial charge < -0.3 is 10.2 Å². The lowest BCUT2D eigenvalue weighted by molar-refractivity contribution is -0.144. The van der Waals surface area contributed by atoms with Gasteiger partial charge in [-0.15, -0.1) is 0 Å². The van der Waals surface area contributed by atoms with Crippen LogP contribution in [0.2, 0.25) is 0 Å². The van der Waals surface area contributed by atoms with Gasteiger partial charge in [-0.1, -0.05) is 44.6 Å². The Balaban J connectivity index is 1.71. The van der Waals surface area contributed by atoms with E-state index in [4.69, 9.17) is 0 Å². The maximum atomic E-state index is 12.4. The molecule has 4 aliphatic rings. The zero-order valence-electron chi connectivity index (χ0n) is 20.1. The van der Waals surface area contributed by atoms with Crippen molar-refractivity contribution in [3.8, 4) is 0 Å². The number of ketones is 1. The smallest absolute Gasteiger partial charge is 0.220 e. The summed E-state index contributed by atoms with van der Waals surface area (Å²) in [6, 6.07) is 0. The van der Waals surface area contributed by atoms with Crippen molar-refractivity contribution < 1.29 is 15.0 Å². The maximum Gasteiger partial charge on any atom is 0.220 e. The van der Waals surface area contributed by atoms with E-state index in [1.165, 1.54) is 5.57 Å². The van der Waals surface area contributed by atoms with Gasteiger partial charge in [0.2, 0.25) is 5.78 Å². The second-order valence-corrected chi connectivity index (χ2v) is 11.6. The molecule has 4 rings (SSSR count). The molecule has 2 fully saturated rings. The third-order valence-corrected chi connectivity index (χ3v) is 8.99. The lowest BCUT2D eigenvalue weighted by Gasteiger charge is -2.63. The Morgan fingerprint density at radius 3 is 2.48 bits per heavy atom. The van der Waals surface area contributed by atoms with Crippen LogP contribution in [0.25, 0.3) is 0 Å². The molecule has 0 heterocycles. The van der Waals surface area contributed by atoms with Crippen LogP contribution in [0.5, 0.6) is 0 Å². The summed E-state index contributed by atoms with van der Waals surface area (Å²) in [5, 5.41) is 22.4. The van der Waals surface area contributed by atoms with Gasteiger partial charge in [0.15, 0.2) is 5.76 Å². The number of rotatable bonds is 3. The number of carbonyl (C=O) groups excluding carboxylic acids is 1. The normalized spacial score (nSPS) is 39.6. The first-order valence-corrected chi connectivity index (χ1v) is 11.8. The van der Waals surface area contributed by atoms with Gasteiger partial charge in [0.1, 0.15) is 0 Å². The van der Waals surface area contributed by atoms with Crippen LogP contribution in [0.1, 0.15) is 86.5 Å². The lowest BCUT2D eigenvalue weighted by atomic mass is 9.43. The first-order chi connectivity index (χ1) is 14.4. The molecule has 0 amide bonds. The minimum atomic E-state index is -0.862. The number of carbonyl (C=O) groups is 1. The highest BCUT2D eigenvalue weighted by Gasteiger charge is 2.62. The maximum absolute atomic E-state index is 12.4. The van der Waals surface area contributed by atoms with Crippen molar-refractivity contribution >= 4 is 5.78 Å². The average molecular weight is 423 g/mol. The SMILES string of the molecule is CC(C)=CCCC1(C)CCC2(O)C3=CC=C4C(=CC(=O)C(O)=C4C)C3(C)CCC2(C)C1. The molecule has 3 nitrogen and oxygen atoms in total. The summed E-state index contributed by atoms with van der Waals surface area (Å²) in [4.78, 5) is 12.4. The molecule has 4 atom stereocenters. The average Bonchev–Trinajstić information content (AvgIpc) is 2.68. The summed E-state index contributed by atoms with van der Waals surface area (Å²) in [5.74, 6) is -0.470. The molecule has 4 unspecified atom stereocenters. The highest BCUT2D eigenvalue weighted by molar-refractivity contribution is 6.06. The standard InChI is InChI=1S/C28H38O3/c1-18(2)8-7-11-25(4)12-15-28(31)23-10-9-20-19(3)24(30)22(29)16-21(20)27(23,6)14-13-26(28,5)17-25/h8-10,16,30-31H,7,11-15,17H2,1-6H3. The van der Waals surface area contributed by atoms with Gasteiger partial charge in [-0.25, -0.2) is 0 Å². The molecular formula is C28H38O3. The van der Waals surface area contributed by atoms with Crippen molar-refractivity contribution in [1.82, 2.24) is 0 Å². The second kappa shape index (κ2) is 7.07. The van der Waals surface area contributed by atoms with Gasteiger partial charge in [0.25, 0.3) is 0 Å². The first kappa shape index (κ1) is 22.3. The molecule has 2 N–H and O–H groups in total. The number of hydrogen-bond donors (Lipinski definition) is 2. The van der Waals surface area contributed by atoms with Crippen LogP contribution in [-0.4, -0.2) is 21.6 Å². The number of aliphatic hydroxyl groups is 2. The number of aliphatic hydroxyl groups excluding tert-OH is 1. The van der Waals surface area contributed by atoms with Crippen LogP contribution < -0.4 is 0 Å². The number of fused-ring (bicyclic) bond motifs is 5. The molecule has 0 spiro atoms. The highest BCUT2D eigenvalue weighted by Crippen LogP contribution is 2.67. The van der Waals surface area contributed by atoms with E-state index in [9.17, 15) is 15.0 Å². The van der Waals surface area contributed by atoms with Crippen molar-refractivity contribution in [3.05, 3.63) is 57.9 Å². The summed E-state index contributed by atoms with van der Waals surface area (Å²) in [6.45, 7) is 13.0. The molecule has 0 aliphatic heterocycles. The van der Waals surface area contributed by atoms with Gasteiger partial charge >= 0.3 is 0 Å². The molecule has 168 valence electrons. The number of allylic oxidation sites excluding steroid dienone is 8. The van der Waals surface area contributed by atoms with E-state index in [0.717, 1.165) is 61.7 Å². The summed E-state index contributed by atoms with van der Waals surface area (Å²) in [7, 11) is 0. The summed E-state index contributed by atoms with van der Waals surface area (Å²) in [5.41, 5.74) is 3.83. The van der Waals surface area contributed by atoms with E-state index < -0.39 is 5.60 Å².